The molecular formula is C23H26N2O6. The second kappa shape index (κ2) is 10.1. The average Bonchev–Trinajstić information content (AvgIpc) is 3.08. The van der Waals surface area contributed by atoms with Crippen LogP contribution in [-0.4, -0.2) is 55.5 Å². The molecule has 0 fully saturated rings. The van der Waals surface area contributed by atoms with Gasteiger partial charge in [0.25, 0.3) is 0 Å². The molecule has 0 aromatic heterocycles. The predicted octanol–water partition coefficient (Wildman–Crippen LogP) is 2.52. The largest absolute Gasteiger partial charge is 0.481 e. The van der Waals surface area contributed by atoms with Crippen LogP contribution in [0.5, 0.6) is 0 Å². The quantitative estimate of drug-likeness (QED) is 0.568. The van der Waals surface area contributed by atoms with E-state index in [-0.39, 0.29) is 25.2 Å². The highest BCUT2D eigenvalue weighted by Crippen LogP contribution is 2.44. The first-order chi connectivity index (χ1) is 14.9. The first kappa shape index (κ1) is 22.3. The van der Waals surface area contributed by atoms with Crippen molar-refractivity contribution in [1.29, 1.82) is 0 Å². The highest BCUT2D eigenvalue weighted by Gasteiger charge is 2.30. The Kier molecular flexibility index (Phi) is 7.25. The number of carbonyl (C=O) groups is 3. The molecule has 8 nitrogen and oxygen atoms in total. The van der Waals surface area contributed by atoms with Gasteiger partial charge in [-0.25, -0.2) is 4.79 Å². The molecular weight excluding hydrogens is 400 g/mol. The molecule has 2 atom stereocenters. The Balaban J connectivity index is 1.64. The van der Waals surface area contributed by atoms with Crippen LogP contribution in [0.3, 0.4) is 0 Å². The zero-order chi connectivity index (χ0) is 22.4. The zero-order valence-electron chi connectivity index (χ0n) is 17.5. The number of fused-ring (bicyclic) bond motifs is 3. The summed E-state index contributed by atoms with van der Waals surface area (Å²) in [5.74, 6) is -1.95. The van der Waals surface area contributed by atoms with Crippen LogP contribution in [0.15, 0.2) is 48.5 Å². The third-order valence-electron chi connectivity index (χ3n) is 5.30. The van der Waals surface area contributed by atoms with Gasteiger partial charge in [0.05, 0.1) is 12.5 Å². The minimum Gasteiger partial charge on any atom is -0.481 e. The fourth-order valence-electron chi connectivity index (χ4n) is 3.62. The molecule has 0 aliphatic heterocycles. The van der Waals surface area contributed by atoms with Crippen molar-refractivity contribution >= 4 is 18.0 Å². The highest BCUT2D eigenvalue weighted by atomic mass is 16.5. The molecule has 3 rings (SSSR count). The summed E-state index contributed by atoms with van der Waals surface area (Å²) in [7, 11) is 1.50. The number of carboxylic acids is 1. The maximum atomic E-state index is 12.4. The summed E-state index contributed by atoms with van der Waals surface area (Å²) in [4.78, 5) is 35.8. The van der Waals surface area contributed by atoms with E-state index in [1.54, 1.807) is 6.92 Å². The van der Waals surface area contributed by atoms with Gasteiger partial charge in [-0.15, -0.1) is 0 Å². The lowest BCUT2D eigenvalue weighted by atomic mass is 9.98. The van der Waals surface area contributed by atoms with Crippen LogP contribution < -0.4 is 10.6 Å². The maximum absolute atomic E-state index is 12.4. The number of rotatable bonds is 9. The van der Waals surface area contributed by atoms with Gasteiger partial charge in [-0.3, -0.25) is 9.59 Å². The Labute approximate surface area is 180 Å². The fraction of sp³-hybridized carbons (Fsp3) is 0.348. The molecule has 0 heterocycles. The SMILES string of the molecule is CO[C@H](C)CNC(=O)C(CC(=O)O)NC(=O)OCC1c2ccccc2-c2ccccc21. The number of carbonyl (C=O) groups excluding carboxylic acids is 2. The van der Waals surface area contributed by atoms with Crippen LogP contribution in [0, 0.1) is 0 Å². The van der Waals surface area contributed by atoms with Crippen molar-refractivity contribution in [3.63, 3.8) is 0 Å². The first-order valence-electron chi connectivity index (χ1n) is 10.0. The molecule has 31 heavy (non-hydrogen) atoms. The summed E-state index contributed by atoms with van der Waals surface area (Å²) >= 11 is 0. The lowest BCUT2D eigenvalue weighted by Crippen LogP contribution is -2.49. The number of hydrogen-bond donors (Lipinski definition) is 3. The van der Waals surface area contributed by atoms with Crippen LogP contribution in [0.4, 0.5) is 4.79 Å². The summed E-state index contributed by atoms with van der Waals surface area (Å²) in [6, 6.07) is 14.6. The van der Waals surface area contributed by atoms with Crippen molar-refractivity contribution in [2.45, 2.75) is 31.4 Å². The lowest BCUT2D eigenvalue weighted by molar-refractivity contribution is -0.139. The standard InChI is InChI=1S/C23H26N2O6/c1-14(30-2)12-24-22(28)20(11-21(26)27)25-23(29)31-13-19-17-9-5-3-7-15(17)16-8-4-6-10-18(16)19/h3-10,14,19-20H,11-13H2,1-2H3,(H,24,28)(H,25,29)(H,26,27)/t14-,20?/m1/s1. The monoisotopic (exact) mass is 426 g/mol. The third kappa shape index (κ3) is 5.40. The van der Waals surface area contributed by atoms with Crippen molar-refractivity contribution < 1.29 is 29.0 Å². The number of aliphatic carboxylic acids is 1. The summed E-state index contributed by atoms with van der Waals surface area (Å²) in [6.45, 7) is 2.02. The van der Waals surface area contributed by atoms with E-state index in [1.807, 2.05) is 48.5 Å². The van der Waals surface area contributed by atoms with Gasteiger partial charge < -0.3 is 25.2 Å². The minimum atomic E-state index is -1.25. The minimum absolute atomic E-state index is 0.0714. The number of ether oxygens (including phenoxy) is 2. The van der Waals surface area contributed by atoms with Crippen LogP contribution in [0.1, 0.15) is 30.4 Å². The summed E-state index contributed by atoms with van der Waals surface area (Å²) < 4.78 is 10.5. The van der Waals surface area contributed by atoms with Crippen molar-refractivity contribution in [2.75, 3.05) is 20.3 Å². The van der Waals surface area contributed by atoms with Crippen LogP contribution >= 0.6 is 0 Å². The fourth-order valence-corrected chi connectivity index (χ4v) is 3.62. The molecule has 0 saturated heterocycles. The van der Waals surface area contributed by atoms with E-state index in [2.05, 4.69) is 10.6 Å². The molecule has 1 aliphatic carbocycles. The normalized spacial score (nSPS) is 14.1. The number of alkyl carbamates (subject to hydrolysis) is 1. The second-order valence-electron chi connectivity index (χ2n) is 7.41. The van der Waals surface area contributed by atoms with Gasteiger partial charge in [0.15, 0.2) is 0 Å². The number of nitrogens with one attached hydrogen (secondary N) is 2. The molecule has 1 aliphatic rings. The number of hydrogen-bond acceptors (Lipinski definition) is 5. The average molecular weight is 426 g/mol. The Morgan fingerprint density at radius 2 is 1.61 bits per heavy atom. The van der Waals surface area contributed by atoms with Crippen molar-refractivity contribution in [2.24, 2.45) is 0 Å². The third-order valence-corrected chi connectivity index (χ3v) is 5.30. The molecule has 2 aromatic rings. The summed E-state index contributed by atoms with van der Waals surface area (Å²) in [6.07, 6.45) is -1.65. The van der Waals surface area contributed by atoms with E-state index in [4.69, 9.17) is 14.6 Å². The number of amides is 2. The Morgan fingerprint density at radius 3 is 2.16 bits per heavy atom. The lowest BCUT2D eigenvalue weighted by Gasteiger charge is -2.19. The van der Waals surface area contributed by atoms with Crippen LogP contribution in [-0.2, 0) is 19.1 Å². The molecule has 2 amide bonds. The molecule has 8 heteroatoms. The molecule has 0 saturated carbocycles. The van der Waals surface area contributed by atoms with E-state index in [1.165, 1.54) is 7.11 Å². The summed E-state index contributed by atoms with van der Waals surface area (Å²) in [5, 5.41) is 14.0. The van der Waals surface area contributed by atoms with Gasteiger partial charge in [-0.1, -0.05) is 48.5 Å². The molecule has 164 valence electrons. The van der Waals surface area contributed by atoms with Crippen molar-refractivity contribution in [3.8, 4) is 11.1 Å². The van der Waals surface area contributed by atoms with Crippen LogP contribution in [0.2, 0.25) is 0 Å². The second-order valence-corrected chi connectivity index (χ2v) is 7.41. The van der Waals surface area contributed by atoms with E-state index in [0.29, 0.717) is 0 Å². The number of benzene rings is 2. The smallest absolute Gasteiger partial charge is 0.407 e. The predicted molar refractivity (Wildman–Crippen MR) is 114 cm³/mol. The Bertz CT molecular complexity index is 915. The number of carboxylic acid groups (broad SMARTS) is 1. The summed E-state index contributed by atoms with van der Waals surface area (Å²) in [5.41, 5.74) is 4.32. The van der Waals surface area contributed by atoms with E-state index in [9.17, 15) is 14.4 Å². The molecule has 0 spiro atoms. The molecule has 0 radical (unpaired) electrons. The van der Waals surface area contributed by atoms with Gasteiger partial charge in [-0.05, 0) is 29.2 Å². The zero-order valence-corrected chi connectivity index (χ0v) is 17.5. The van der Waals surface area contributed by atoms with Gasteiger partial charge in [0.2, 0.25) is 5.91 Å². The Hall–Kier alpha value is -3.39. The molecule has 2 aromatic carbocycles. The molecule has 3 N–H and O–H groups in total. The van der Waals surface area contributed by atoms with E-state index >= 15 is 0 Å². The van der Waals surface area contributed by atoms with Gasteiger partial charge in [-0.2, -0.15) is 0 Å². The van der Waals surface area contributed by atoms with Gasteiger partial charge in [0.1, 0.15) is 12.6 Å². The first-order valence-corrected chi connectivity index (χ1v) is 10.0. The maximum Gasteiger partial charge on any atom is 0.407 e. The van der Waals surface area contributed by atoms with E-state index < -0.39 is 30.4 Å². The number of methoxy groups -OCH3 is 1. The van der Waals surface area contributed by atoms with E-state index in [0.717, 1.165) is 22.3 Å². The molecule has 0 bridgehead atoms. The van der Waals surface area contributed by atoms with Crippen molar-refractivity contribution in [1.82, 2.24) is 10.6 Å². The van der Waals surface area contributed by atoms with Gasteiger partial charge >= 0.3 is 12.1 Å². The van der Waals surface area contributed by atoms with Crippen molar-refractivity contribution in [3.05, 3.63) is 59.7 Å². The molecule has 1 unspecified atom stereocenters. The Morgan fingerprint density at radius 1 is 1.03 bits per heavy atom. The topological polar surface area (TPSA) is 114 Å². The van der Waals surface area contributed by atoms with Crippen LogP contribution in [0.25, 0.3) is 11.1 Å². The van der Waals surface area contributed by atoms with Gasteiger partial charge in [0, 0.05) is 19.6 Å². The highest BCUT2D eigenvalue weighted by molar-refractivity contribution is 5.89.